The molecule has 1 N–H and O–H groups in total. The molecule has 0 aliphatic carbocycles. The number of aromatic nitrogens is 2. The fourth-order valence-electron chi connectivity index (χ4n) is 1.85. The molecule has 1 aromatic heterocycles. The summed E-state index contributed by atoms with van der Waals surface area (Å²) in [6.45, 7) is 3.80. The van der Waals surface area contributed by atoms with Gasteiger partial charge in [0.2, 0.25) is 0 Å². The van der Waals surface area contributed by atoms with Gasteiger partial charge in [-0.2, -0.15) is 0 Å². The number of halogens is 2. The molecule has 0 aliphatic heterocycles. The van der Waals surface area contributed by atoms with Crippen molar-refractivity contribution in [2.45, 2.75) is 26.3 Å². The van der Waals surface area contributed by atoms with Crippen molar-refractivity contribution in [3.8, 4) is 0 Å². The molecule has 0 saturated heterocycles. The minimum atomic E-state index is -0.336. The van der Waals surface area contributed by atoms with Gasteiger partial charge in [0.15, 0.2) is 0 Å². The summed E-state index contributed by atoms with van der Waals surface area (Å²) in [6.07, 6.45) is 3.33. The topological polar surface area (TPSA) is 37.8 Å². The van der Waals surface area contributed by atoms with Crippen LogP contribution in [0.5, 0.6) is 0 Å². The third-order valence-electron chi connectivity index (χ3n) is 2.86. The highest BCUT2D eigenvalue weighted by Crippen LogP contribution is 2.19. The van der Waals surface area contributed by atoms with Crippen molar-refractivity contribution < 1.29 is 4.39 Å². The Balaban J connectivity index is 2.07. The predicted molar refractivity (Wildman–Crippen MR) is 78.2 cm³/mol. The van der Waals surface area contributed by atoms with Gasteiger partial charge in [0.05, 0.1) is 5.69 Å². The second kappa shape index (κ2) is 7.31. The quantitative estimate of drug-likeness (QED) is 0.830. The summed E-state index contributed by atoms with van der Waals surface area (Å²) in [5, 5.41) is 3.70. The van der Waals surface area contributed by atoms with E-state index in [0.717, 1.165) is 30.8 Å². The largest absolute Gasteiger partial charge is 0.311 e. The van der Waals surface area contributed by atoms with Gasteiger partial charge in [-0.1, -0.05) is 24.6 Å². The zero-order valence-electron chi connectivity index (χ0n) is 11.4. The molecule has 20 heavy (non-hydrogen) atoms. The first-order valence-corrected chi connectivity index (χ1v) is 7.02. The Morgan fingerprint density at radius 1 is 1.30 bits per heavy atom. The van der Waals surface area contributed by atoms with E-state index in [0.29, 0.717) is 17.3 Å². The van der Waals surface area contributed by atoms with Gasteiger partial charge < -0.3 is 5.32 Å². The van der Waals surface area contributed by atoms with Crippen LogP contribution in [0.2, 0.25) is 5.02 Å². The first-order valence-electron chi connectivity index (χ1n) is 6.64. The Labute approximate surface area is 123 Å². The van der Waals surface area contributed by atoms with Gasteiger partial charge in [0.25, 0.3) is 0 Å². The van der Waals surface area contributed by atoms with Crippen LogP contribution in [0.1, 0.15) is 30.4 Å². The Hall–Kier alpha value is -1.52. The summed E-state index contributed by atoms with van der Waals surface area (Å²) in [7, 11) is 0. The van der Waals surface area contributed by atoms with Crippen LogP contribution in [-0.2, 0) is 13.0 Å². The highest BCUT2D eigenvalue weighted by atomic mass is 35.5. The molecule has 0 amide bonds. The number of rotatable bonds is 6. The summed E-state index contributed by atoms with van der Waals surface area (Å²) in [5.74, 6) is 0.353. The molecular weight excluding hydrogens is 277 g/mol. The summed E-state index contributed by atoms with van der Waals surface area (Å²) in [6, 6.07) is 6.26. The maximum Gasteiger partial charge on any atom is 0.133 e. The maximum absolute atomic E-state index is 13.0. The van der Waals surface area contributed by atoms with Crippen LogP contribution >= 0.6 is 11.6 Å². The van der Waals surface area contributed by atoms with Crippen molar-refractivity contribution in [2.75, 3.05) is 6.54 Å². The minimum Gasteiger partial charge on any atom is -0.311 e. The van der Waals surface area contributed by atoms with Crippen LogP contribution < -0.4 is 5.32 Å². The lowest BCUT2D eigenvalue weighted by Gasteiger charge is -2.06. The van der Waals surface area contributed by atoms with Gasteiger partial charge in [0, 0.05) is 24.2 Å². The van der Waals surface area contributed by atoms with E-state index in [1.54, 1.807) is 12.3 Å². The molecule has 2 aromatic rings. The fraction of sp³-hybridized carbons (Fsp3) is 0.333. The molecular formula is C15H17ClFN3. The molecule has 5 heteroatoms. The normalized spacial score (nSPS) is 10.8. The minimum absolute atomic E-state index is 0.336. The lowest BCUT2D eigenvalue weighted by Crippen LogP contribution is -2.15. The highest BCUT2D eigenvalue weighted by Gasteiger charge is 2.06. The second-order valence-corrected chi connectivity index (χ2v) is 4.96. The highest BCUT2D eigenvalue weighted by molar-refractivity contribution is 6.31. The average molecular weight is 294 g/mol. The van der Waals surface area contributed by atoms with E-state index in [1.807, 2.05) is 6.07 Å². The van der Waals surface area contributed by atoms with Crippen LogP contribution in [0.4, 0.5) is 4.39 Å². The molecule has 1 aromatic carbocycles. The van der Waals surface area contributed by atoms with E-state index < -0.39 is 0 Å². The lowest BCUT2D eigenvalue weighted by molar-refractivity contribution is 0.627. The summed E-state index contributed by atoms with van der Waals surface area (Å²) in [5.41, 5.74) is 1.77. The van der Waals surface area contributed by atoms with Crippen molar-refractivity contribution >= 4 is 11.6 Å². The predicted octanol–water partition coefficient (Wildman–Crippen LogP) is 3.36. The molecule has 2 rings (SSSR count). The van der Waals surface area contributed by atoms with Gasteiger partial charge in [0.1, 0.15) is 11.6 Å². The molecule has 0 bridgehead atoms. The number of nitrogens with zero attached hydrogens (tertiary/aromatic N) is 2. The van der Waals surface area contributed by atoms with Gasteiger partial charge in [-0.25, -0.2) is 14.4 Å². The van der Waals surface area contributed by atoms with Crippen LogP contribution in [-0.4, -0.2) is 16.5 Å². The van der Waals surface area contributed by atoms with Gasteiger partial charge >= 0.3 is 0 Å². The van der Waals surface area contributed by atoms with E-state index in [1.165, 1.54) is 12.1 Å². The van der Waals surface area contributed by atoms with Crippen LogP contribution in [0, 0.1) is 5.82 Å². The van der Waals surface area contributed by atoms with Crippen molar-refractivity contribution in [3.05, 3.63) is 58.4 Å². The Bertz CT molecular complexity index is 575. The molecule has 3 nitrogen and oxygen atoms in total. The number of hydrogen-bond donors (Lipinski definition) is 1. The average Bonchev–Trinajstić information content (AvgIpc) is 2.43. The third kappa shape index (κ3) is 4.25. The molecule has 0 atom stereocenters. The first-order chi connectivity index (χ1) is 9.69. The van der Waals surface area contributed by atoms with E-state index in [2.05, 4.69) is 22.2 Å². The third-order valence-corrected chi connectivity index (χ3v) is 3.21. The monoisotopic (exact) mass is 293 g/mol. The zero-order chi connectivity index (χ0) is 14.4. The molecule has 1 heterocycles. The summed E-state index contributed by atoms with van der Waals surface area (Å²) in [4.78, 5) is 8.71. The Kier molecular flexibility index (Phi) is 5.44. The maximum atomic E-state index is 13.0. The number of nitrogens with one attached hydrogen (secondary N) is 1. The standard InChI is InChI=1S/C15H17ClFN3/c1-2-6-18-10-13-5-7-19-15(20-13)8-11-3-4-12(17)9-14(11)16/h3-5,7,9,18H,2,6,8,10H2,1H3. The second-order valence-electron chi connectivity index (χ2n) is 4.55. The molecule has 0 spiro atoms. The van der Waals surface area contributed by atoms with Crippen LogP contribution in [0.15, 0.2) is 30.5 Å². The van der Waals surface area contributed by atoms with Crippen molar-refractivity contribution in [1.29, 1.82) is 0 Å². The van der Waals surface area contributed by atoms with Gasteiger partial charge in [-0.05, 0) is 36.7 Å². The first kappa shape index (κ1) is 14.9. The number of benzene rings is 1. The molecule has 0 saturated carbocycles. The van der Waals surface area contributed by atoms with Crippen LogP contribution in [0.25, 0.3) is 0 Å². The van der Waals surface area contributed by atoms with Gasteiger partial charge in [-0.15, -0.1) is 0 Å². The lowest BCUT2D eigenvalue weighted by atomic mass is 10.1. The van der Waals surface area contributed by atoms with Crippen molar-refractivity contribution in [3.63, 3.8) is 0 Å². The fourth-order valence-corrected chi connectivity index (χ4v) is 2.09. The van der Waals surface area contributed by atoms with E-state index in [-0.39, 0.29) is 5.82 Å². The molecule has 0 aliphatic rings. The SMILES string of the molecule is CCCNCc1ccnc(Cc2ccc(F)cc2Cl)n1. The summed E-state index contributed by atoms with van der Waals surface area (Å²) >= 11 is 6.01. The Morgan fingerprint density at radius 3 is 2.90 bits per heavy atom. The summed E-state index contributed by atoms with van der Waals surface area (Å²) < 4.78 is 13.0. The van der Waals surface area contributed by atoms with Crippen LogP contribution in [0.3, 0.4) is 0 Å². The van der Waals surface area contributed by atoms with E-state index in [9.17, 15) is 4.39 Å². The van der Waals surface area contributed by atoms with Crippen molar-refractivity contribution in [1.82, 2.24) is 15.3 Å². The van der Waals surface area contributed by atoms with E-state index >= 15 is 0 Å². The zero-order valence-corrected chi connectivity index (χ0v) is 12.1. The van der Waals surface area contributed by atoms with E-state index in [4.69, 9.17) is 11.6 Å². The molecule has 106 valence electrons. The van der Waals surface area contributed by atoms with Crippen molar-refractivity contribution in [2.24, 2.45) is 0 Å². The smallest absolute Gasteiger partial charge is 0.133 e. The number of hydrogen-bond acceptors (Lipinski definition) is 3. The Morgan fingerprint density at radius 2 is 2.15 bits per heavy atom. The molecule has 0 unspecified atom stereocenters. The van der Waals surface area contributed by atoms with Gasteiger partial charge in [-0.3, -0.25) is 0 Å². The molecule has 0 fully saturated rings. The molecule has 0 radical (unpaired) electrons.